The van der Waals surface area contributed by atoms with Gasteiger partial charge in [-0.1, -0.05) is 23.2 Å². The largest absolute Gasteiger partial charge is 0.397 e. The maximum atomic E-state index is 5.95. The summed E-state index contributed by atoms with van der Waals surface area (Å²) in [6, 6.07) is 8.68. The lowest BCUT2D eigenvalue weighted by atomic mass is 10.2. The lowest BCUT2D eigenvalue weighted by Gasteiger charge is -2.08. The second kappa shape index (κ2) is 4.60. The van der Waals surface area contributed by atoms with Gasteiger partial charge in [0.2, 0.25) is 0 Å². The first kappa shape index (κ1) is 12.1. The Balaban J connectivity index is 2.06. The number of nitrogens with one attached hydrogen (secondary N) is 1. The Hall–Kier alpha value is -1.98. The first-order valence-electron chi connectivity index (χ1n) is 5.37. The monoisotopic (exact) mass is 294 g/mol. The Morgan fingerprint density at radius 1 is 1.00 bits per heavy atom. The van der Waals surface area contributed by atoms with E-state index in [2.05, 4.69) is 15.6 Å². The number of nitrogens with zero attached hydrogens (tertiary/aromatic N) is 2. The van der Waals surface area contributed by atoms with Crippen LogP contribution in [0.4, 0.5) is 17.1 Å². The van der Waals surface area contributed by atoms with Gasteiger partial charge in [-0.3, -0.25) is 0 Å². The molecule has 3 aromatic rings. The van der Waals surface area contributed by atoms with Crippen LogP contribution in [-0.4, -0.2) is 10.3 Å². The Bertz CT molecular complexity index is 736. The number of hydrogen-bond donors (Lipinski definition) is 2. The number of benzene rings is 2. The van der Waals surface area contributed by atoms with Crippen LogP contribution < -0.4 is 11.1 Å². The van der Waals surface area contributed by atoms with Crippen molar-refractivity contribution < 1.29 is 4.63 Å². The SMILES string of the molecule is Nc1ccc(Nc2cc(Cl)cc(Cl)c2)c2nonc12. The highest BCUT2D eigenvalue weighted by Crippen LogP contribution is 2.30. The van der Waals surface area contributed by atoms with Gasteiger partial charge in [0, 0.05) is 15.7 Å². The molecular formula is C12H8Cl2N4O. The molecule has 2 aromatic carbocycles. The Labute approximate surface area is 118 Å². The van der Waals surface area contributed by atoms with Gasteiger partial charge in [0.05, 0.1) is 11.4 Å². The average Bonchev–Trinajstić information content (AvgIpc) is 2.81. The summed E-state index contributed by atoms with van der Waals surface area (Å²) in [5.41, 5.74) is 8.80. The summed E-state index contributed by atoms with van der Waals surface area (Å²) in [5.74, 6) is 0. The van der Waals surface area contributed by atoms with E-state index in [-0.39, 0.29) is 0 Å². The molecule has 0 fully saturated rings. The molecule has 1 aromatic heterocycles. The van der Waals surface area contributed by atoms with Crippen LogP contribution in [-0.2, 0) is 0 Å². The molecule has 3 rings (SSSR count). The minimum absolute atomic E-state index is 0.505. The van der Waals surface area contributed by atoms with Gasteiger partial charge in [0.25, 0.3) is 0 Å². The number of halogens is 2. The second-order valence-corrected chi connectivity index (χ2v) is 4.82. The van der Waals surface area contributed by atoms with Crippen LogP contribution in [0.25, 0.3) is 11.0 Å². The van der Waals surface area contributed by atoms with E-state index in [1.807, 2.05) is 0 Å². The third kappa shape index (κ3) is 2.30. The molecule has 5 nitrogen and oxygen atoms in total. The molecule has 0 spiro atoms. The van der Waals surface area contributed by atoms with Crippen molar-refractivity contribution in [3.63, 3.8) is 0 Å². The van der Waals surface area contributed by atoms with Crippen LogP contribution in [0, 0.1) is 0 Å². The van der Waals surface area contributed by atoms with Gasteiger partial charge in [-0.2, -0.15) is 0 Å². The summed E-state index contributed by atoms with van der Waals surface area (Å²) >= 11 is 11.9. The standard InChI is InChI=1S/C12H8Cl2N4O/c13-6-3-7(14)5-8(4-6)16-10-2-1-9(15)11-12(10)18-19-17-11/h1-5,16H,15H2. The number of rotatable bonds is 2. The predicted molar refractivity (Wildman–Crippen MR) is 76.0 cm³/mol. The maximum Gasteiger partial charge on any atom is 0.160 e. The number of nitrogens with two attached hydrogens (primary N) is 1. The highest BCUT2D eigenvalue weighted by molar-refractivity contribution is 6.35. The van der Waals surface area contributed by atoms with Gasteiger partial charge in [0.1, 0.15) is 0 Å². The molecule has 0 bridgehead atoms. The van der Waals surface area contributed by atoms with Crippen molar-refractivity contribution in [3.05, 3.63) is 40.4 Å². The van der Waals surface area contributed by atoms with Crippen molar-refractivity contribution in [2.24, 2.45) is 0 Å². The summed E-state index contributed by atoms with van der Waals surface area (Å²) in [6.07, 6.45) is 0. The van der Waals surface area contributed by atoms with E-state index in [9.17, 15) is 0 Å². The van der Waals surface area contributed by atoms with Gasteiger partial charge >= 0.3 is 0 Å². The fourth-order valence-electron chi connectivity index (χ4n) is 1.77. The van der Waals surface area contributed by atoms with Gasteiger partial charge < -0.3 is 11.1 Å². The van der Waals surface area contributed by atoms with Crippen molar-refractivity contribution in [2.45, 2.75) is 0 Å². The van der Waals surface area contributed by atoms with Crippen molar-refractivity contribution in [2.75, 3.05) is 11.1 Å². The van der Waals surface area contributed by atoms with Gasteiger partial charge in [0.15, 0.2) is 11.0 Å². The highest BCUT2D eigenvalue weighted by Gasteiger charge is 2.10. The van der Waals surface area contributed by atoms with Crippen molar-refractivity contribution in [3.8, 4) is 0 Å². The molecule has 0 aliphatic rings. The molecule has 19 heavy (non-hydrogen) atoms. The summed E-state index contributed by atoms with van der Waals surface area (Å²) < 4.78 is 4.70. The number of aromatic nitrogens is 2. The zero-order valence-corrected chi connectivity index (χ0v) is 11.0. The van der Waals surface area contributed by atoms with Gasteiger partial charge in [-0.05, 0) is 40.6 Å². The van der Waals surface area contributed by atoms with Crippen LogP contribution in [0.2, 0.25) is 10.0 Å². The minimum Gasteiger partial charge on any atom is -0.397 e. The summed E-state index contributed by atoms with van der Waals surface area (Å²) in [4.78, 5) is 0. The maximum absolute atomic E-state index is 5.95. The zero-order valence-electron chi connectivity index (χ0n) is 9.52. The first-order chi connectivity index (χ1) is 9.13. The van der Waals surface area contributed by atoms with E-state index >= 15 is 0 Å². The molecule has 0 radical (unpaired) electrons. The third-order valence-corrected chi connectivity index (χ3v) is 3.02. The number of nitrogen functional groups attached to an aromatic ring is 1. The lowest BCUT2D eigenvalue weighted by Crippen LogP contribution is -1.94. The van der Waals surface area contributed by atoms with Crippen LogP contribution in [0.1, 0.15) is 0 Å². The zero-order chi connectivity index (χ0) is 13.4. The fraction of sp³-hybridized carbons (Fsp3) is 0. The predicted octanol–water partition coefficient (Wildman–Crippen LogP) is 3.86. The molecule has 0 saturated carbocycles. The van der Waals surface area contributed by atoms with Crippen molar-refractivity contribution >= 4 is 51.3 Å². The van der Waals surface area contributed by atoms with Crippen LogP contribution in [0.5, 0.6) is 0 Å². The lowest BCUT2D eigenvalue weighted by molar-refractivity contribution is 0.316. The molecule has 1 heterocycles. The molecule has 0 atom stereocenters. The van der Waals surface area contributed by atoms with Gasteiger partial charge in [-0.15, -0.1) is 0 Å². The smallest absolute Gasteiger partial charge is 0.160 e. The molecule has 3 N–H and O–H groups in total. The van der Waals surface area contributed by atoms with Gasteiger partial charge in [-0.25, -0.2) is 4.63 Å². The normalized spacial score (nSPS) is 10.8. The van der Waals surface area contributed by atoms with Crippen molar-refractivity contribution in [1.29, 1.82) is 0 Å². The summed E-state index contributed by atoms with van der Waals surface area (Å²) in [5, 5.41) is 11.8. The number of anilines is 3. The van der Waals surface area contributed by atoms with Crippen LogP contribution in [0.15, 0.2) is 35.0 Å². The highest BCUT2D eigenvalue weighted by atomic mass is 35.5. The van der Waals surface area contributed by atoms with E-state index in [4.69, 9.17) is 33.6 Å². The fourth-order valence-corrected chi connectivity index (χ4v) is 2.29. The topological polar surface area (TPSA) is 77.0 Å². The van der Waals surface area contributed by atoms with E-state index < -0.39 is 0 Å². The first-order valence-corrected chi connectivity index (χ1v) is 6.13. The quantitative estimate of drug-likeness (QED) is 0.702. The van der Waals surface area contributed by atoms with Crippen molar-refractivity contribution in [1.82, 2.24) is 10.3 Å². The second-order valence-electron chi connectivity index (χ2n) is 3.95. The molecule has 7 heteroatoms. The molecule has 0 saturated heterocycles. The summed E-state index contributed by atoms with van der Waals surface area (Å²) in [6.45, 7) is 0. The molecule has 0 aliphatic carbocycles. The van der Waals surface area contributed by atoms with E-state index in [0.29, 0.717) is 32.5 Å². The minimum atomic E-state index is 0.505. The average molecular weight is 295 g/mol. The molecule has 0 amide bonds. The molecular weight excluding hydrogens is 287 g/mol. The van der Waals surface area contributed by atoms with E-state index in [1.54, 1.807) is 30.3 Å². The van der Waals surface area contributed by atoms with E-state index in [1.165, 1.54) is 0 Å². The summed E-state index contributed by atoms with van der Waals surface area (Å²) in [7, 11) is 0. The Morgan fingerprint density at radius 3 is 2.42 bits per heavy atom. The number of fused-ring (bicyclic) bond motifs is 1. The Kier molecular flexibility index (Phi) is 2.93. The Morgan fingerprint density at radius 2 is 1.68 bits per heavy atom. The van der Waals surface area contributed by atoms with Crippen LogP contribution >= 0.6 is 23.2 Å². The molecule has 0 aliphatic heterocycles. The molecule has 96 valence electrons. The third-order valence-electron chi connectivity index (χ3n) is 2.59. The van der Waals surface area contributed by atoms with E-state index in [0.717, 1.165) is 5.69 Å². The van der Waals surface area contributed by atoms with Crippen LogP contribution in [0.3, 0.4) is 0 Å². The molecule has 0 unspecified atom stereocenters. The number of hydrogen-bond acceptors (Lipinski definition) is 5.